The van der Waals surface area contributed by atoms with Crippen molar-refractivity contribution in [2.45, 2.75) is 39.3 Å². The van der Waals surface area contributed by atoms with Gasteiger partial charge in [0.1, 0.15) is 12.4 Å². The molecule has 1 fully saturated rings. The largest absolute Gasteiger partial charge is 0.372 e. The number of aliphatic imine (C=N–C) groups is 1. The van der Waals surface area contributed by atoms with Crippen LogP contribution in [0.3, 0.4) is 0 Å². The van der Waals surface area contributed by atoms with Gasteiger partial charge in [0.25, 0.3) is 0 Å². The minimum absolute atomic E-state index is 0. The summed E-state index contributed by atoms with van der Waals surface area (Å²) in [7, 11) is 4.01. The van der Waals surface area contributed by atoms with Gasteiger partial charge in [-0.1, -0.05) is 18.2 Å². The minimum Gasteiger partial charge on any atom is -0.372 e. The van der Waals surface area contributed by atoms with E-state index in [-0.39, 0.29) is 24.0 Å². The summed E-state index contributed by atoms with van der Waals surface area (Å²) in [6.07, 6.45) is 5.78. The van der Waals surface area contributed by atoms with E-state index >= 15 is 0 Å². The van der Waals surface area contributed by atoms with Gasteiger partial charge in [0.05, 0.1) is 0 Å². The van der Waals surface area contributed by atoms with E-state index in [1.54, 1.807) is 0 Å². The van der Waals surface area contributed by atoms with Gasteiger partial charge in [0.15, 0.2) is 11.8 Å². The number of aromatic nitrogens is 3. The van der Waals surface area contributed by atoms with E-state index in [1.807, 2.05) is 24.6 Å². The second-order valence-electron chi connectivity index (χ2n) is 7.60. The Kier molecular flexibility index (Phi) is 9.61. The number of benzene rings is 1. The number of guanidine groups is 1. The molecular weight excluding hydrogens is 489 g/mol. The first-order valence-electron chi connectivity index (χ1n) is 10.4. The molecule has 0 atom stereocenters. The van der Waals surface area contributed by atoms with Gasteiger partial charge in [-0.05, 0) is 43.9 Å². The van der Waals surface area contributed by atoms with Crippen molar-refractivity contribution < 1.29 is 0 Å². The zero-order valence-corrected chi connectivity index (χ0v) is 20.7. The summed E-state index contributed by atoms with van der Waals surface area (Å²) in [6, 6.07) is 8.92. The molecule has 30 heavy (non-hydrogen) atoms. The summed E-state index contributed by atoms with van der Waals surface area (Å²) in [5, 5.41) is 11.6. The van der Waals surface area contributed by atoms with Crippen molar-refractivity contribution in [3.8, 4) is 0 Å². The molecule has 0 radical (unpaired) electrons. The maximum atomic E-state index is 4.74. The molecule has 3 rings (SSSR count). The van der Waals surface area contributed by atoms with E-state index in [0.29, 0.717) is 13.1 Å². The van der Waals surface area contributed by atoms with Gasteiger partial charge in [-0.2, -0.15) is 0 Å². The average molecular weight is 523 g/mol. The van der Waals surface area contributed by atoms with Crippen LogP contribution in [0.2, 0.25) is 0 Å². The van der Waals surface area contributed by atoms with Crippen LogP contribution in [-0.2, 0) is 20.1 Å². The summed E-state index contributed by atoms with van der Waals surface area (Å²) in [5.74, 6) is 2.56. The molecule has 0 bridgehead atoms. The maximum Gasteiger partial charge on any atom is 0.194 e. The number of nitrogens with one attached hydrogen (secondary N) is 1. The molecule has 1 aliphatic heterocycles. The van der Waals surface area contributed by atoms with E-state index in [1.165, 1.54) is 43.6 Å². The van der Waals surface area contributed by atoms with Crippen molar-refractivity contribution in [1.29, 1.82) is 0 Å². The normalized spacial score (nSPS) is 14.2. The summed E-state index contributed by atoms with van der Waals surface area (Å²) in [4.78, 5) is 9.36. The third-order valence-corrected chi connectivity index (χ3v) is 5.40. The molecule has 0 saturated carbocycles. The first kappa shape index (κ1) is 24.2. The van der Waals surface area contributed by atoms with E-state index in [9.17, 15) is 0 Å². The number of anilines is 1. The number of aryl methyl sites for hydroxylation is 1. The Labute approximate surface area is 197 Å². The summed E-state index contributed by atoms with van der Waals surface area (Å²) >= 11 is 0. The molecule has 1 aromatic heterocycles. The minimum atomic E-state index is 0. The van der Waals surface area contributed by atoms with Gasteiger partial charge in [-0.15, -0.1) is 40.8 Å². The maximum absolute atomic E-state index is 4.74. The topological polar surface area (TPSA) is 61.6 Å². The van der Waals surface area contributed by atoms with E-state index in [4.69, 9.17) is 4.99 Å². The zero-order valence-electron chi connectivity index (χ0n) is 18.3. The van der Waals surface area contributed by atoms with Crippen LogP contribution in [-0.4, -0.2) is 52.3 Å². The lowest BCUT2D eigenvalue weighted by Crippen LogP contribution is -2.38. The second-order valence-corrected chi connectivity index (χ2v) is 7.60. The first-order valence-corrected chi connectivity index (χ1v) is 10.4. The van der Waals surface area contributed by atoms with Crippen LogP contribution in [0, 0.1) is 6.92 Å². The number of rotatable bonds is 7. The van der Waals surface area contributed by atoms with Gasteiger partial charge in [0, 0.05) is 46.0 Å². The molecule has 164 valence electrons. The third kappa shape index (κ3) is 6.45. The SMILES string of the molecule is C=CCNC(=NCc1nnc(C)n1C)N(C)Cc1ccc(N2CCCCC2)cc1.I. The van der Waals surface area contributed by atoms with E-state index in [2.05, 4.69) is 63.2 Å². The average Bonchev–Trinajstić information content (AvgIpc) is 3.07. The predicted molar refractivity (Wildman–Crippen MR) is 134 cm³/mol. The molecule has 2 aromatic rings. The lowest BCUT2D eigenvalue weighted by atomic mass is 10.1. The number of nitrogens with zero attached hydrogens (tertiary/aromatic N) is 6. The molecule has 1 aliphatic rings. The Hall–Kier alpha value is -2.10. The monoisotopic (exact) mass is 523 g/mol. The molecule has 0 aliphatic carbocycles. The molecule has 8 heteroatoms. The molecule has 1 N–H and O–H groups in total. The molecule has 1 saturated heterocycles. The fraction of sp³-hybridized carbons (Fsp3) is 0.500. The highest BCUT2D eigenvalue weighted by Crippen LogP contribution is 2.20. The number of hydrogen-bond acceptors (Lipinski definition) is 4. The van der Waals surface area contributed by atoms with Crippen molar-refractivity contribution in [1.82, 2.24) is 25.0 Å². The summed E-state index contributed by atoms with van der Waals surface area (Å²) < 4.78 is 1.97. The lowest BCUT2D eigenvalue weighted by molar-refractivity contribution is 0.477. The Bertz CT molecular complexity index is 823. The van der Waals surface area contributed by atoms with Gasteiger partial charge in [-0.25, -0.2) is 4.99 Å². The van der Waals surface area contributed by atoms with Crippen LogP contribution in [0.25, 0.3) is 0 Å². The molecule has 0 amide bonds. The third-order valence-electron chi connectivity index (χ3n) is 5.40. The van der Waals surface area contributed by atoms with E-state index in [0.717, 1.165) is 24.2 Å². The lowest BCUT2D eigenvalue weighted by Gasteiger charge is -2.29. The van der Waals surface area contributed by atoms with Gasteiger partial charge >= 0.3 is 0 Å². The van der Waals surface area contributed by atoms with Crippen LogP contribution >= 0.6 is 24.0 Å². The highest BCUT2D eigenvalue weighted by Gasteiger charge is 2.12. The Morgan fingerprint density at radius 3 is 2.50 bits per heavy atom. The fourth-order valence-electron chi connectivity index (χ4n) is 3.52. The summed E-state index contributed by atoms with van der Waals surface area (Å²) in [5.41, 5.74) is 2.59. The van der Waals surface area contributed by atoms with Crippen LogP contribution in [0.5, 0.6) is 0 Å². The molecule has 7 nitrogen and oxygen atoms in total. The zero-order chi connectivity index (χ0) is 20.6. The van der Waals surface area contributed by atoms with Crippen molar-refractivity contribution in [3.63, 3.8) is 0 Å². The summed E-state index contributed by atoms with van der Waals surface area (Å²) in [6.45, 7) is 10.0. The number of piperidine rings is 1. The second kappa shape index (κ2) is 11.9. The van der Waals surface area contributed by atoms with Gasteiger partial charge < -0.3 is 19.7 Å². The molecule has 1 aromatic carbocycles. The van der Waals surface area contributed by atoms with Crippen molar-refractivity contribution >= 4 is 35.6 Å². The Morgan fingerprint density at radius 1 is 1.20 bits per heavy atom. The molecule has 2 heterocycles. The number of hydrogen-bond donors (Lipinski definition) is 1. The van der Waals surface area contributed by atoms with Crippen molar-refractivity contribution in [3.05, 3.63) is 54.1 Å². The van der Waals surface area contributed by atoms with Crippen LogP contribution in [0.1, 0.15) is 36.5 Å². The van der Waals surface area contributed by atoms with E-state index < -0.39 is 0 Å². The van der Waals surface area contributed by atoms with Crippen molar-refractivity contribution in [2.24, 2.45) is 12.0 Å². The highest BCUT2D eigenvalue weighted by atomic mass is 127. The Morgan fingerprint density at radius 2 is 1.90 bits per heavy atom. The molecular formula is C22H34IN7. The van der Waals surface area contributed by atoms with Gasteiger partial charge in [-0.3, -0.25) is 0 Å². The van der Waals surface area contributed by atoms with Gasteiger partial charge in [0.2, 0.25) is 0 Å². The quantitative estimate of drug-likeness (QED) is 0.261. The van der Waals surface area contributed by atoms with Crippen LogP contribution in [0.4, 0.5) is 5.69 Å². The van der Waals surface area contributed by atoms with Crippen LogP contribution < -0.4 is 10.2 Å². The smallest absolute Gasteiger partial charge is 0.194 e. The first-order chi connectivity index (χ1) is 14.1. The van der Waals surface area contributed by atoms with Crippen LogP contribution in [0.15, 0.2) is 41.9 Å². The number of halogens is 1. The molecule has 0 spiro atoms. The standard InChI is InChI=1S/C22H33N7.HI/c1-5-13-23-22(24-16-21-26-25-18(2)28(21)4)27(3)17-19-9-11-20(12-10-19)29-14-7-6-8-15-29;/h5,9-12H,1,6-8,13-17H2,2-4H3,(H,23,24);1H. The highest BCUT2D eigenvalue weighted by molar-refractivity contribution is 14.0. The predicted octanol–water partition coefficient (Wildman–Crippen LogP) is 3.50. The fourth-order valence-corrected chi connectivity index (χ4v) is 3.52. The Balaban J connectivity index is 0.00000320. The van der Waals surface area contributed by atoms with Crippen molar-refractivity contribution in [2.75, 3.05) is 31.6 Å². The molecule has 0 unspecified atom stereocenters.